The average molecular weight is 249 g/mol. The first-order chi connectivity index (χ1) is 8.56. The minimum absolute atomic E-state index is 0.0338. The highest BCUT2D eigenvalue weighted by Crippen LogP contribution is 2.22. The summed E-state index contributed by atoms with van der Waals surface area (Å²) in [6, 6.07) is 8.51. The van der Waals surface area contributed by atoms with Gasteiger partial charge in [-0.25, -0.2) is 8.78 Å². The number of aryl methyl sites for hydroxylation is 1. The standard InChI is InChI=1S/C14H13F2NO/c1-9-2-4-12(17)7-14(9)18-8-10-6-11(15)3-5-13(10)16/h2-7H,8,17H2,1H3. The summed E-state index contributed by atoms with van der Waals surface area (Å²) in [6.45, 7) is 1.82. The van der Waals surface area contributed by atoms with E-state index in [1.165, 1.54) is 0 Å². The van der Waals surface area contributed by atoms with Gasteiger partial charge in [-0.2, -0.15) is 0 Å². The minimum atomic E-state index is -0.488. The summed E-state index contributed by atoms with van der Waals surface area (Å²) >= 11 is 0. The molecule has 0 unspecified atom stereocenters. The predicted octanol–water partition coefficient (Wildman–Crippen LogP) is 3.43. The van der Waals surface area contributed by atoms with E-state index in [4.69, 9.17) is 10.5 Å². The average Bonchev–Trinajstić information content (AvgIpc) is 2.34. The van der Waals surface area contributed by atoms with Crippen LogP contribution in [-0.4, -0.2) is 0 Å². The van der Waals surface area contributed by atoms with Crippen molar-refractivity contribution in [2.75, 3.05) is 5.73 Å². The van der Waals surface area contributed by atoms with Crippen LogP contribution in [0.25, 0.3) is 0 Å². The molecule has 0 atom stereocenters. The summed E-state index contributed by atoms with van der Waals surface area (Å²) in [5.74, 6) is -0.407. The molecular weight excluding hydrogens is 236 g/mol. The molecule has 18 heavy (non-hydrogen) atoms. The normalized spacial score (nSPS) is 10.4. The highest BCUT2D eigenvalue weighted by atomic mass is 19.1. The van der Waals surface area contributed by atoms with E-state index < -0.39 is 11.6 Å². The van der Waals surface area contributed by atoms with Crippen molar-refractivity contribution in [2.45, 2.75) is 13.5 Å². The maximum absolute atomic E-state index is 13.4. The second-order valence-electron chi connectivity index (χ2n) is 4.05. The summed E-state index contributed by atoms with van der Waals surface area (Å²) in [7, 11) is 0. The van der Waals surface area contributed by atoms with Gasteiger partial charge >= 0.3 is 0 Å². The van der Waals surface area contributed by atoms with Gasteiger partial charge < -0.3 is 10.5 Å². The van der Waals surface area contributed by atoms with Crippen LogP contribution in [0.15, 0.2) is 36.4 Å². The van der Waals surface area contributed by atoms with Crippen molar-refractivity contribution in [1.29, 1.82) is 0 Å². The van der Waals surface area contributed by atoms with Crippen LogP contribution in [0.5, 0.6) is 5.75 Å². The second kappa shape index (κ2) is 5.04. The van der Waals surface area contributed by atoms with Crippen LogP contribution in [0, 0.1) is 18.6 Å². The summed E-state index contributed by atoms with van der Waals surface area (Å²) < 4.78 is 31.8. The van der Waals surface area contributed by atoms with Crippen molar-refractivity contribution in [1.82, 2.24) is 0 Å². The molecule has 0 aliphatic heterocycles. The molecule has 0 aliphatic rings. The van der Waals surface area contributed by atoms with Gasteiger partial charge in [0.15, 0.2) is 0 Å². The van der Waals surface area contributed by atoms with Gasteiger partial charge in [-0.3, -0.25) is 0 Å². The maximum atomic E-state index is 13.4. The Kier molecular flexibility index (Phi) is 3.46. The Bertz CT molecular complexity index is 518. The molecule has 0 saturated heterocycles. The summed E-state index contributed by atoms with van der Waals surface area (Å²) in [5, 5.41) is 0. The van der Waals surface area contributed by atoms with Gasteiger partial charge in [0.05, 0.1) is 0 Å². The smallest absolute Gasteiger partial charge is 0.130 e. The van der Waals surface area contributed by atoms with E-state index in [-0.39, 0.29) is 12.2 Å². The fourth-order valence-electron chi connectivity index (χ4n) is 1.58. The third-order valence-electron chi connectivity index (χ3n) is 2.60. The largest absolute Gasteiger partial charge is 0.488 e. The number of rotatable bonds is 3. The number of hydrogen-bond donors (Lipinski definition) is 1. The van der Waals surface area contributed by atoms with Crippen molar-refractivity contribution < 1.29 is 13.5 Å². The molecule has 0 aliphatic carbocycles. The Labute approximate surface area is 104 Å². The predicted molar refractivity (Wildman–Crippen MR) is 66.3 cm³/mol. The van der Waals surface area contributed by atoms with Gasteiger partial charge in [-0.05, 0) is 36.8 Å². The summed E-state index contributed by atoms with van der Waals surface area (Å²) in [5.41, 5.74) is 7.27. The topological polar surface area (TPSA) is 35.2 Å². The van der Waals surface area contributed by atoms with Gasteiger partial charge in [0.2, 0.25) is 0 Å². The van der Waals surface area contributed by atoms with Crippen molar-refractivity contribution in [2.24, 2.45) is 0 Å². The van der Waals surface area contributed by atoms with E-state index in [1.54, 1.807) is 12.1 Å². The Morgan fingerprint density at radius 3 is 2.67 bits per heavy atom. The van der Waals surface area contributed by atoms with Crippen LogP contribution in [0.4, 0.5) is 14.5 Å². The molecule has 94 valence electrons. The quantitative estimate of drug-likeness (QED) is 0.846. The van der Waals surface area contributed by atoms with Crippen LogP contribution in [-0.2, 0) is 6.61 Å². The lowest BCUT2D eigenvalue weighted by atomic mass is 10.2. The zero-order valence-electron chi connectivity index (χ0n) is 9.91. The summed E-state index contributed by atoms with van der Waals surface area (Å²) in [6.07, 6.45) is 0. The third kappa shape index (κ3) is 2.77. The van der Waals surface area contributed by atoms with Gasteiger partial charge in [0.25, 0.3) is 0 Å². The Balaban J connectivity index is 2.16. The molecule has 0 amide bonds. The molecule has 2 N–H and O–H groups in total. The molecule has 0 spiro atoms. The van der Waals surface area contributed by atoms with Crippen molar-refractivity contribution in [3.05, 3.63) is 59.2 Å². The fourth-order valence-corrected chi connectivity index (χ4v) is 1.58. The number of halogens is 2. The lowest BCUT2D eigenvalue weighted by Crippen LogP contribution is -2.01. The molecule has 0 fully saturated rings. The molecule has 0 bridgehead atoms. The minimum Gasteiger partial charge on any atom is -0.488 e. The first kappa shape index (κ1) is 12.4. The Hall–Kier alpha value is -2.10. The van der Waals surface area contributed by atoms with E-state index in [2.05, 4.69) is 0 Å². The van der Waals surface area contributed by atoms with Gasteiger partial charge in [-0.1, -0.05) is 6.07 Å². The number of benzene rings is 2. The maximum Gasteiger partial charge on any atom is 0.130 e. The van der Waals surface area contributed by atoms with Crippen LogP contribution >= 0.6 is 0 Å². The number of ether oxygens (including phenoxy) is 1. The summed E-state index contributed by atoms with van der Waals surface area (Å²) in [4.78, 5) is 0. The van der Waals surface area contributed by atoms with Crippen LogP contribution in [0.3, 0.4) is 0 Å². The van der Waals surface area contributed by atoms with E-state index >= 15 is 0 Å². The van der Waals surface area contributed by atoms with Crippen molar-refractivity contribution in [3.8, 4) is 5.75 Å². The molecule has 2 nitrogen and oxygen atoms in total. The first-order valence-corrected chi connectivity index (χ1v) is 5.49. The van der Waals surface area contributed by atoms with Crippen molar-refractivity contribution >= 4 is 5.69 Å². The van der Waals surface area contributed by atoms with E-state index in [1.807, 2.05) is 13.0 Å². The Morgan fingerprint density at radius 1 is 1.11 bits per heavy atom. The monoisotopic (exact) mass is 249 g/mol. The lowest BCUT2D eigenvalue weighted by molar-refractivity contribution is 0.297. The van der Waals surface area contributed by atoms with Gasteiger partial charge in [0.1, 0.15) is 24.0 Å². The fraction of sp³-hybridized carbons (Fsp3) is 0.143. The van der Waals surface area contributed by atoms with Crippen LogP contribution in [0.2, 0.25) is 0 Å². The molecule has 2 rings (SSSR count). The zero-order valence-corrected chi connectivity index (χ0v) is 9.91. The molecule has 0 heterocycles. The molecule has 4 heteroatoms. The second-order valence-corrected chi connectivity index (χ2v) is 4.05. The molecular formula is C14H13F2NO. The Morgan fingerprint density at radius 2 is 1.89 bits per heavy atom. The SMILES string of the molecule is Cc1ccc(N)cc1OCc1cc(F)ccc1F. The number of anilines is 1. The van der Waals surface area contributed by atoms with E-state index in [9.17, 15) is 8.78 Å². The van der Waals surface area contributed by atoms with E-state index in [0.717, 1.165) is 23.8 Å². The molecule has 0 saturated carbocycles. The zero-order chi connectivity index (χ0) is 13.1. The first-order valence-electron chi connectivity index (χ1n) is 5.49. The molecule has 0 radical (unpaired) electrons. The van der Waals surface area contributed by atoms with Crippen LogP contribution in [0.1, 0.15) is 11.1 Å². The van der Waals surface area contributed by atoms with Gasteiger partial charge in [0, 0.05) is 17.3 Å². The lowest BCUT2D eigenvalue weighted by Gasteiger charge is -2.10. The molecule has 0 aromatic heterocycles. The number of nitrogens with two attached hydrogens (primary N) is 1. The highest BCUT2D eigenvalue weighted by molar-refractivity contribution is 5.48. The van der Waals surface area contributed by atoms with E-state index in [0.29, 0.717) is 11.4 Å². The molecule has 2 aromatic rings. The third-order valence-corrected chi connectivity index (χ3v) is 2.60. The number of hydrogen-bond acceptors (Lipinski definition) is 2. The van der Waals surface area contributed by atoms with Crippen molar-refractivity contribution in [3.63, 3.8) is 0 Å². The highest BCUT2D eigenvalue weighted by Gasteiger charge is 2.06. The van der Waals surface area contributed by atoms with Crippen LogP contribution < -0.4 is 10.5 Å². The van der Waals surface area contributed by atoms with Gasteiger partial charge in [-0.15, -0.1) is 0 Å². The number of nitrogen functional groups attached to an aromatic ring is 1. The molecule has 2 aromatic carbocycles.